The summed E-state index contributed by atoms with van der Waals surface area (Å²) in [5, 5.41) is 0. The standard InChI is InChI=1S/C8H17BO/c1-4-10-9-7(2)5-6-8(9)3/h7-8H,4-6H2,1-3H3. The van der Waals surface area contributed by atoms with E-state index >= 15 is 0 Å². The van der Waals surface area contributed by atoms with Crippen LogP contribution in [0.15, 0.2) is 0 Å². The molecule has 1 nitrogen and oxygen atoms in total. The summed E-state index contributed by atoms with van der Waals surface area (Å²) in [6.45, 7) is 8.09. The van der Waals surface area contributed by atoms with Gasteiger partial charge in [0.15, 0.2) is 0 Å². The first-order valence-corrected chi connectivity index (χ1v) is 4.37. The first-order chi connectivity index (χ1) is 4.75. The summed E-state index contributed by atoms with van der Waals surface area (Å²) in [6, 6.07) is 0. The number of hydrogen-bond donors (Lipinski definition) is 0. The lowest BCUT2D eigenvalue weighted by Gasteiger charge is -2.14. The lowest BCUT2D eigenvalue weighted by molar-refractivity contribution is 0.334. The molecule has 0 radical (unpaired) electrons. The highest BCUT2D eigenvalue weighted by molar-refractivity contribution is 6.56. The third kappa shape index (κ3) is 1.54. The maximum atomic E-state index is 5.63. The zero-order valence-electron chi connectivity index (χ0n) is 7.26. The quantitative estimate of drug-likeness (QED) is 0.535. The average molecular weight is 140 g/mol. The summed E-state index contributed by atoms with van der Waals surface area (Å²) in [7, 11) is 0. The second kappa shape index (κ2) is 3.43. The van der Waals surface area contributed by atoms with Gasteiger partial charge in [-0.05, 0) is 18.6 Å². The van der Waals surface area contributed by atoms with Crippen molar-refractivity contribution in [1.82, 2.24) is 0 Å². The van der Waals surface area contributed by atoms with Gasteiger partial charge in [0.2, 0.25) is 0 Å². The molecular weight excluding hydrogens is 123 g/mol. The van der Waals surface area contributed by atoms with Crippen molar-refractivity contribution in [3.05, 3.63) is 0 Å². The van der Waals surface area contributed by atoms with Crippen LogP contribution in [0, 0.1) is 0 Å². The fourth-order valence-corrected chi connectivity index (χ4v) is 1.94. The fourth-order valence-electron chi connectivity index (χ4n) is 1.94. The molecule has 0 N–H and O–H groups in total. The van der Waals surface area contributed by atoms with E-state index in [0.717, 1.165) is 18.2 Å². The third-order valence-electron chi connectivity index (χ3n) is 2.56. The molecular formula is C8H17BO. The normalized spacial score (nSPS) is 33.3. The second-order valence-corrected chi connectivity index (χ2v) is 3.45. The van der Waals surface area contributed by atoms with Gasteiger partial charge >= 0.3 is 0 Å². The minimum atomic E-state index is 0.546. The monoisotopic (exact) mass is 140 g/mol. The molecule has 0 amide bonds. The molecule has 0 bridgehead atoms. The Morgan fingerprint density at radius 1 is 1.30 bits per heavy atom. The first kappa shape index (κ1) is 8.12. The molecule has 1 aliphatic rings. The van der Waals surface area contributed by atoms with Crippen LogP contribution in [0.5, 0.6) is 0 Å². The molecule has 1 fully saturated rings. The highest BCUT2D eigenvalue weighted by Crippen LogP contribution is 2.38. The van der Waals surface area contributed by atoms with Gasteiger partial charge in [-0.25, -0.2) is 0 Å². The van der Waals surface area contributed by atoms with E-state index in [0.29, 0.717) is 6.92 Å². The molecule has 0 saturated carbocycles. The minimum Gasteiger partial charge on any atom is -0.436 e. The van der Waals surface area contributed by atoms with Gasteiger partial charge in [-0.2, -0.15) is 0 Å². The van der Waals surface area contributed by atoms with E-state index < -0.39 is 0 Å². The van der Waals surface area contributed by atoms with Crippen molar-refractivity contribution in [2.45, 2.75) is 45.2 Å². The van der Waals surface area contributed by atoms with Crippen molar-refractivity contribution in [3.8, 4) is 0 Å². The maximum absolute atomic E-state index is 5.63. The highest BCUT2D eigenvalue weighted by atomic mass is 16.4. The summed E-state index contributed by atoms with van der Waals surface area (Å²) >= 11 is 0. The summed E-state index contributed by atoms with van der Waals surface area (Å²) in [6.07, 6.45) is 2.71. The Hall–Kier alpha value is 0.0249. The minimum absolute atomic E-state index is 0.546. The summed E-state index contributed by atoms with van der Waals surface area (Å²) in [5.74, 6) is 1.57. The van der Waals surface area contributed by atoms with E-state index in [4.69, 9.17) is 4.65 Å². The van der Waals surface area contributed by atoms with Crippen molar-refractivity contribution >= 4 is 6.92 Å². The Morgan fingerprint density at radius 2 is 1.80 bits per heavy atom. The van der Waals surface area contributed by atoms with Crippen LogP contribution in [-0.2, 0) is 4.65 Å². The molecule has 10 heavy (non-hydrogen) atoms. The number of rotatable bonds is 2. The predicted octanol–water partition coefficient (Wildman–Crippen LogP) is 2.59. The highest BCUT2D eigenvalue weighted by Gasteiger charge is 2.35. The van der Waals surface area contributed by atoms with Crippen molar-refractivity contribution < 1.29 is 4.65 Å². The molecule has 0 aromatic carbocycles. The zero-order chi connectivity index (χ0) is 7.56. The molecule has 1 heterocycles. The molecule has 0 spiro atoms. The molecule has 0 aromatic rings. The topological polar surface area (TPSA) is 9.23 Å². The summed E-state index contributed by atoms with van der Waals surface area (Å²) in [5.41, 5.74) is 0. The van der Waals surface area contributed by atoms with Crippen LogP contribution in [-0.4, -0.2) is 13.5 Å². The van der Waals surface area contributed by atoms with Crippen LogP contribution in [0.25, 0.3) is 0 Å². The lowest BCUT2D eigenvalue weighted by Crippen LogP contribution is -2.21. The summed E-state index contributed by atoms with van der Waals surface area (Å²) < 4.78 is 5.63. The van der Waals surface area contributed by atoms with Crippen molar-refractivity contribution in [2.75, 3.05) is 6.61 Å². The largest absolute Gasteiger partial charge is 0.436 e. The Morgan fingerprint density at radius 3 is 2.20 bits per heavy atom. The zero-order valence-corrected chi connectivity index (χ0v) is 7.26. The Labute approximate surface area is 64.3 Å². The van der Waals surface area contributed by atoms with Gasteiger partial charge in [0.25, 0.3) is 6.92 Å². The van der Waals surface area contributed by atoms with Crippen LogP contribution in [0.2, 0.25) is 11.6 Å². The number of hydrogen-bond acceptors (Lipinski definition) is 1. The first-order valence-electron chi connectivity index (χ1n) is 4.37. The van der Waals surface area contributed by atoms with E-state index in [1.165, 1.54) is 12.8 Å². The van der Waals surface area contributed by atoms with E-state index in [1.807, 2.05) is 0 Å². The molecule has 0 aromatic heterocycles. The SMILES string of the molecule is CCOB1C(C)CCC1C. The van der Waals surface area contributed by atoms with Gasteiger partial charge in [0.05, 0.1) is 0 Å². The second-order valence-electron chi connectivity index (χ2n) is 3.45. The lowest BCUT2D eigenvalue weighted by atomic mass is 9.53. The molecule has 1 aliphatic heterocycles. The van der Waals surface area contributed by atoms with Gasteiger partial charge in [0.1, 0.15) is 0 Å². The molecule has 1 rings (SSSR count). The summed E-state index contributed by atoms with van der Waals surface area (Å²) in [4.78, 5) is 0. The Balaban J connectivity index is 2.38. The molecule has 2 heteroatoms. The fraction of sp³-hybridized carbons (Fsp3) is 1.00. The Kier molecular flexibility index (Phi) is 2.78. The van der Waals surface area contributed by atoms with E-state index in [2.05, 4.69) is 20.8 Å². The van der Waals surface area contributed by atoms with Crippen molar-refractivity contribution in [2.24, 2.45) is 0 Å². The van der Waals surface area contributed by atoms with E-state index in [9.17, 15) is 0 Å². The van der Waals surface area contributed by atoms with Gasteiger partial charge in [-0.1, -0.05) is 26.7 Å². The van der Waals surface area contributed by atoms with Gasteiger partial charge < -0.3 is 4.65 Å². The van der Waals surface area contributed by atoms with Crippen LogP contribution in [0.3, 0.4) is 0 Å². The maximum Gasteiger partial charge on any atom is 0.298 e. The smallest absolute Gasteiger partial charge is 0.298 e. The molecule has 0 aliphatic carbocycles. The van der Waals surface area contributed by atoms with Crippen LogP contribution in [0.1, 0.15) is 33.6 Å². The van der Waals surface area contributed by atoms with Crippen LogP contribution < -0.4 is 0 Å². The van der Waals surface area contributed by atoms with E-state index in [1.54, 1.807) is 0 Å². The van der Waals surface area contributed by atoms with Crippen LogP contribution in [0.4, 0.5) is 0 Å². The molecule has 58 valence electrons. The Bertz CT molecular complexity index is 95.4. The van der Waals surface area contributed by atoms with Crippen molar-refractivity contribution in [1.29, 1.82) is 0 Å². The molecule has 2 atom stereocenters. The van der Waals surface area contributed by atoms with Crippen LogP contribution >= 0.6 is 0 Å². The van der Waals surface area contributed by atoms with E-state index in [-0.39, 0.29) is 0 Å². The van der Waals surface area contributed by atoms with Gasteiger partial charge in [0, 0.05) is 6.61 Å². The average Bonchev–Trinajstić information content (AvgIpc) is 2.20. The molecule has 1 saturated heterocycles. The van der Waals surface area contributed by atoms with Crippen molar-refractivity contribution in [3.63, 3.8) is 0 Å². The third-order valence-corrected chi connectivity index (χ3v) is 2.56. The predicted molar refractivity (Wildman–Crippen MR) is 45.5 cm³/mol. The molecule has 2 unspecified atom stereocenters. The van der Waals surface area contributed by atoms with Gasteiger partial charge in [-0.3, -0.25) is 0 Å². The van der Waals surface area contributed by atoms with Gasteiger partial charge in [-0.15, -0.1) is 0 Å².